The zero-order chi connectivity index (χ0) is 18.5. The SMILES string of the molecule is CNC(=O)COC(=O)CCc1nc2c(cnn2-c2ccccc2)c(=O)[nH]1. The summed E-state index contributed by atoms with van der Waals surface area (Å²) in [6, 6.07) is 9.31. The number of ether oxygens (including phenoxy) is 1. The first-order valence-corrected chi connectivity index (χ1v) is 7.97. The molecular formula is C17H17N5O4. The number of esters is 1. The van der Waals surface area contributed by atoms with E-state index in [0.29, 0.717) is 16.9 Å². The number of benzene rings is 1. The van der Waals surface area contributed by atoms with E-state index < -0.39 is 11.9 Å². The van der Waals surface area contributed by atoms with Gasteiger partial charge in [0.2, 0.25) is 0 Å². The number of nitrogens with zero attached hydrogens (tertiary/aromatic N) is 3. The van der Waals surface area contributed by atoms with Gasteiger partial charge >= 0.3 is 5.97 Å². The average Bonchev–Trinajstić information content (AvgIpc) is 3.09. The van der Waals surface area contributed by atoms with Gasteiger partial charge in [-0.2, -0.15) is 5.10 Å². The molecule has 9 nitrogen and oxygen atoms in total. The number of aromatic amines is 1. The highest BCUT2D eigenvalue weighted by atomic mass is 16.5. The van der Waals surface area contributed by atoms with Crippen LogP contribution in [0.1, 0.15) is 12.2 Å². The lowest BCUT2D eigenvalue weighted by atomic mass is 10.3. The molecule has 9 heteroatoms. The Labute approximate surface area is 148 Å². The molecule has 0 bridgehead atoms. The summed E-state index contributed by atoms with van der Waals surface area (Å²) in [7, 11) is 1.45. The first kappa shape index (κ1) is 17.3. The summed E-state index contributed by atoms with van der Waals surface area (Å²) < 4.78 is 6.39. The first-order chi connectivity index (χ1) is 12.6. The Morgan fingerprint density at radius 3 is 2.77 bits per heavy atom. The minimum Gasteiger partial charge on any atom is -0.456 e. The Morgan fingerprint density at radius 2 is 2.04 bits per heavy atom. The zero-order valence-electron chi connectivity index (χ0n) is 14.1. The van der Waals surface area contributed by atoms with Crippen molar-refractivity contribution in [2.75, 3.05) is 13.7 Å². The van der Waals surface area contributed by atoms with Crippen molar-refractivity contribution in [3.8, 4) is 5.69 Å². The molecule has 1 amide bonds. The molecule has 0 aliphatic heterocycles. The molecule has 0 aliphatic carbocycles. The molecule has 0 saturated heterocycles. The topological polar surface area (TPSA) is 119 Å². The average molecular weight is 355 g/mol. The van der Waals surface area contributed by atoms with E-state index in [2.05, 4.69) is 20.4 Å². The predicted octanol–water partition coefficient (Wildman–Crippen LogP) is 0.331. The monoisotopic (exact) mass is 355 g/mol. The maximum Gasteiger partial charge on any atom is 0.306 e. The number of para-hydroxylation sites is 1. The highest BCUT2D eigenvalue weighted by Gasteiger charge is 2.13. The van der Waals surface area contributed by atoms with Crippen molar-refractivity contribution in [2.24, 2.45) is 0 Å². The Morgan fingerprint density at radius 1 is 1.27 bits per heavy atom. The molecular weight excluding hydrogens is 338 g/mol. The van der Waals surface area contributed by atoms with E-state index >= 15 is 0 Å². The number of carbonyl (C=O) groups excluding carboxylic acids is 2. The van der Waals surface area contributed by atoms with Crippen LogP contribution in [0.2, 0.25) is 0 Å². The van der Waals surface area contributed by atoms with E-state index in [1.807, 2.05) is 30.3 Å². The molecule has 0 unspecified atom stereocenters. The van der Waals surface area contributed by atoms with E-state index in [1.165, 1.54) is 13.2 Å². The van der Waals surface area contributed by atoms with Crippen molar-refractivity contribution in [1.29, 1.82) is 0 Å². The number of aromatic nitrogens is 4. The minimum absolute atomic E-state index is 0.00901. The van der Waals surface area contributed by atoms with Gasteiger partial charge in [-0.3, -0.25) is 14.4 Å². The van der Waals surface area contributed by atoms with Crippen molar-refractivity contribution in [3.63, 3.8) is 0 Å². The standard InChI is InChI=1S/C17H17N5O4/c1-18-14(23)10-26-15(24)8-7-13-20-16-12(17(25)21-13)9-19-22(16)11-5-3-2-4-6-11/h2-6,9H,7-8,10H2,1H3,(H,18,23)(H,20,21,25). The Bertz CT molecular complexity index is 993. The highest BCUT2D eigenvalue weighted by molar-refractivity contribution is 5.80. The summed E-state index contributed by atoms with van der Waals surface area (Å²) in [4.78, 5) is 42.0. The molecule has 0 saturated carbocycles. The third-order valence-electron chi connectivity index (χ3n) is 3.70. The molecule has 0 fully saturated rings. The number of rotatable bonds is 6. The fraction of sp³-hybridized carbons (Fsp3) is 0.235. The summed E-state index contributed by atoms with van der Waals surface area (Å²) in [5.41, 5.74) is 0.858. The van der Waals surface area contributed by atoms with Gasteiger partial charge in [0, 0.05) is 13.5 Å². The van der Waals surface area contributed by atoms with Crippen molar-refractivity contribution in [1.82, 2.24) is 25.1 Å². The number of H-pyrrole nitrogens is 1. The second-order valence-corrected chi connectivity index (χ2v) is 5.48. The largest absolute Gasteiger partial charge is 0.456 e. The molecule has 0 spiro atoms. The number of aryl methyl sites for hydroxylation is 1. The molecule has 3 rings (SSSR count). The molecule has 2 N–H and O–H groups in total. The van der Waals surface area contributed by atoms with Gasteiger partial charge in [0.1, 0.15) is 11.2 Å². The van der Waals surface area contributed by atoms with Crippen LogP contribution in [0.25, 0.3) is 16.7 Å². The number of hydrogen-bond donors (Lipinski definition) is 2. The molecule has 134 valence electrons. The number of carbonyl (C=O) groups is 2. The maximum absolute atomic E-state index is 12.2. The van der Waals surface area contributed by atoms with Gasteiger partial charge in [-0.05, 0) is 12.1 Å². The van der Waals surface area contributed by atoms with Gasteiger partial charge in [0.15, 0.2) is 12.3 Å². The van der Waals surface area contributed by atoms with Crippen molar-refractivity contribution < 1.29 is 14.3 Å². The van der Waals surface area contributed by atoms with Crippen LogP contribution < -0.4 is 10.9 Å². The normalized spacial score (nSPS) is 10.7. The number of amides is 1. The molecule has 0 radical (unpaired) electrons. The number of nitrogens with one attached hydrogen (secondary N) is 2. The lowest BCUT2D eigenvalue weighted by molar-refractivity contribution is -0.148. The van der Waals surface area contributed by atoms with Gasteiger partial charge in [-0.25, -0.2) is 9.67 Å². The molecule has 2 aromatic heterocycles. The van der Waals surface area contributed by atoms with Gasteiger partial charge in [0.05, 0.1) is 18.3 Å². The molecule has 1 aromatic carbocycles. The van der Waals surface area contributed by atoms with Gasteiger partial charge in [0.25, 0.3) is 11.5 Å². The predicted molar refractivity (Wildman–Crippen MR) is 92.8 cm³/mol. The Kier molecular flexibility index (Phi) is 5.07. The van der Waals surface area contributed by atoms with Crippen LogP contribution in [-0.2, 0) is 20.7 Å². The quantitative estimate of drug-likeness (QED) is 0.615. The number of hydrogen-bond acceptors (Lipinski definition) is 6. The summed E-state index contributed by atoms with van der Waals surface area (Å²) in [6.07, 6.45) is 1.62. The van der Waals surface area contributed by atoms with Crippen molar-refractivity contribution in [3.05, 3.63) is 52.7 Å². The fourth-order valence-corrected chi connectivity index (χ4v) is 2.35. The minimum atomic E-state index is -0.548. The van der Waals surface area contributed by atoms with Crippen LogP contribution in [0.3, 0.4) is 0 Å². The summed E-state index contributed by atoms with van der Waals surface area (Å²) in [6.45, 7) is -0.334. The van der Waals surface area contributed by atoms with Crippen LogP contribution in [0.5, 0.6) is 0 Å². The molecule has 26 heavy (non-hydrogen) atoms. The second kappa shape index (κ2) is 7.60. The Hall–Kier alpha value is -3.49. The maximum atomic E-state index is 12.2. The van der Waals surface area contributed by atoms with Crippen molar-refractivity contribution in [2.45, 2.75) is 12.8 Å². The second-order valence-electron chi connectivity index (χ2n) is 5.48. The van der Waals surface area contributed by atoms with Gasteiger partial charge in [-0.1, -0.05) is 18.2 Å². The Balaban J connectivity index is 1.79. The van der Waals surface area contributed by atoms with Crippen LogP contribution in [0, 0.1) is 0 Å². The molecule has 0 atom stereocenters. The first-order valence-electron chi connectivity index (χ1n) is 7.97. The van der Waals surface area contributed by atoms with E-state index in [9.17, 15) is 14.4 Å². The molecule has 3 aromatic rings. The summed E-state index contributed by atoms with van der Waals surface area (Å²) in [5, 5.41) is 6.93. The van der Waals surface area contributed by atoms with Gasteiger partial charge in [-0.15, -0.1) is 0 Å². The number of fused-ring (bicyclic) bond motifs is 1. The van der Waals surface area contributed by atoms with Gasteiger partial charge < -0.3 is 15.0 Å². The zero-order valence-corrected chi connectivity index (χ0v) is 14.1. The van der Waals surface area contributed by atoms with E-state index in [0.717, 1.165) is 5.69 Å². The van der Waals surface area contributed by atoms with Crippen molar-refractivity contribution >= 4 is 22.9 Å². The molecule has 2 heterocycles. The fourth-order valence-electron chi connectivity index (χ4n) is 2.35. The van der Waals surface area contributed by atoms with E-state index in [1.54, 1.807) is 4.68 Å². The summed E-state index contributed by atoms with van der Waals surface area (Å²) >= 11 is 0. The van der Waals surface area contributed by atoms with Crippen LogP contribution in [0.15, 0.2) is 41.3 Å². The third-order valence-corrected chi connectivity index (χ3v) is 3.70. The summed E-state index contributed by atoms with van der Waals surface area (Å²) in [5.74, 6) is -0.594. The smallest absolute Gasteiger partial charge is 0.306 e. The third kappa shape index (κ3) is 3.77. The lowest BCUT2D eigenvalue weighted by Crippen LogP contribution is -2.25. The highest BCUT2D eigenvalue weighted by Crippen LogP contribution is 2.13. The number of likely N-dealkylation sites (N-methyl/N-ethyl adjacent to an activating group) is 1. The van der Waals surface area contributed by atoms with Crippen LogP contribution in [0.4, 0.5) is 0 Å². The van der Waals surface area contributed by atoms with E-state index in [4.69, 9.17) is 4.74 Å². The van der Waals surface area contributed by atoms with E-state index in [-0.39, 0.29) is 25.0 Å². The molecule has 0 aliphatic rings. The lowest BCUT2D eigenvalue weighted by Gasteiger charge is -2.05. The van der Waals surface area contributed by atoms with Crippen LogP contribution >= 0.6 is 0 Å². The van der Waals surface area contributed by atoms with Crippen LogP contribution in [-0.4, -0.2) is 45.3 Å².